The molecule has 0 saturated heterocycles. The van der Waals surface area contributed by atoms with E-state index in [4.69, 9.17) is 5.11 Å². The molecule has 1 aromatic carbocycles. The number of benzene rings is 1. The van der Waals surface area contributed by atoms with Crippen molar-refractivity contribution in [1.29, 1.82) is 0 Å². The van der Waals surface area contributed by atoms with E-state index in [2.05, 4.69) is 10.6 Å². The number of carbonyl (C=O) groups excluding carboxylic acids is 1. The third kappa shape index (κ3) is 4.92. The lowest BCUT2D eigenvalue weighted by molar-refractivity contribution is -0.384. The van der Waals surface area contributed by atoms with Crippen molar-refractivity contribution < 1.29 is 24.7 Å². The predicted molar refractivity (Wildman–Crippen MR) is 82.4 cm³/mol. The fourth-order valence-electron chi connectivity index (χ4n) is 1.66. The number of nitro groups is 1. The van der Waals surface area contributed by atoms with E-state index in [1.807, 2.05) is 0 Å². The van der Waals surface area contributed by atoms with Gasteiger partial charge in [-0.15, -0.1) is 0 Å². The standard InChI is InChI=1S/C14H19N3O6/c1-8(2)16-12(18)9-4-5-10(11(6-9)17(22)23)15-7-14(3,21)13(19)20/h4-6,8,15,21H,7H2,1-3H3,(H,16,18)(H,19,20). The maximum Gasteiger partial charge on any atom is 0.337 e. The lowest BCUT2D eigenvalue weighted by atomic mass is 10.1. The van der Waals surface area contributed by atoms with Crippen LogP contribution in [0.2, 0.25) is 0 Å². The van der Waals surface area contributed by atoms with Crippen LogP contribution in [0.25, 0.3) is 0 Å². The summed E-state index contributed by atoms with van der Waals surface area (Å²) in [6.07, 6.45) is 0. The molecule has 0 aliphatic heterocycles. The van der Waals surface area contributed by atoms with E-state index >= 15 is 0 Å². The number of carboxylic acids is 1. The van der Waals surface area contributed by atoms with Gasteiger partial charge < -0.3 is 20.8 Å². The van der Waals surface area contributed by atoms with Crippen LogP contribution < -0.4 is 10.6 Å². The summed E-state index contributed by atoms with van der Waals surface area (Å²) in [7, 11) is 0. The van der Waals surface area contributed by atoms with Crippen molar-refractivity contribution in [3.05, 3.63) is 33.9 Å². The SMILES string of the molecule is CC(C)NC(=O)c1ccc(NCC(C)(O)C(=O)O)c([N+](=O)[O-])c1. The number of carbonyl (C=O) groups is 2. The zero-order valence-corrected chi connectivity index (χ0v) is 13.0. The first-order valence-corrected chi connectivity index (χ1v) is 6.83. The highest BCUT2D eigenvalue weighted by molar-refractivity contribution is 5.95. The molecule has 0 saturated carbocycles. The molecule has 0 radical (unpaired) electrons. The third-order valence-corrected chi connectivity index (χ3v) is 2.96. The Morgan fingerprint density at radius 1 is 1.39 bits per heavy atom. The first kappa shape index (κ1) is 18.4. The minimum Gasteiger partial charge on any atom is -0.479 e. The van der Waals surface area contributed by atoms with Crippen LogP contribution in [0.3, 0.4) is 0 Å². The number of nitro benzene ring substituents is 1. The van der Waals surface area contributed by atoms with Gasteiger partial charge in [-0.25, -0.2) is 4.79 Å². The van der Waals surface area contributed by atoms with Gasteiger partial charge in [-0.05, 0) is 32.9 Å². The van der Waals surface area contributed by atoms with Gasteiger partial charge in [0.05, 0.1) is 11.5 Å². The summed E-state index contributed by atoms with van der Waals surface area (Å²) in [6.45, 7) is 4.16. The van der Waals surface area contributed by atoms with Crippen molar-refractivity contribution >= 4 is 23.3 Å². The van der Waals surface area contributed by atoms with Gasteiger partial charge in [-0.1, -0.05) is 0 Å². The Bertz CT molecular complexity index is 627. The Hall–Kier alpha value is -2.68. The van der Waals surface area contributed by atoms with Gasteiger partial charge in [-0.3, -0.25) is 14.9 Å². The summed E-state index contributed by atoms with van der Waals surface area (Å²) in [4.78, 5) is 33.1. The molecule has 1 aromatic rings. The maximum atomic E-state index is 11.9. The number of hydrogen-bond acceptors (Lipinski definition) is 6. The molecule has 0 aliphatic rings. The van der Waals surface area contributed by atoms with Crippen molar-refractivity contribution in [3.63, 3.8) is 0 Å². The molecule has 1 unspecified atom stereocenters. The number of amides is 1. The molecule has 9 nitrogen and oxygen atoms in total. The van der Waals surface area contributed by atoms with Crippen molar-refractivity contribution in [3.8, 4) is 0 Å². The molecular formula is C14H19N3O6. The third-order valence-electron chi connectivity index (χ3n) is 2.96. The first-order chi connectivity index (χ1) is 10.5. The number of hydrogen-bond donors (Lipinski definition) is 4. The van der Waals surface area contributed by atoms with Gasteiger partial charge in [0, 0.05) is 17.7 Å². The molecule has 0 aromatic heterocycles. The second-order valence-corrected chi connectivity index (χ2v) is 5.55. The summed E-state index contributed by atoms with van der Waals surface area (Å²) >= 11 is 0. The average Bonchev–Trinajstić information content (AvgIpc) is 2.43. The van der Waals surface area contributed by atoms with Crippen LogP contribution in [-0.2, 0) is 4.79 Å². The van der Waals surface area contributed by atoms with Crippen molar-refractivity contribution in [2.24, 2.45) is 0 Å². The zero-order valence-electron chi connectivity index (χ0n) is 13.0. The Morgan fingerprint density at radius 3 is 2.48 bits per heavy atom. The van der Waals surface area contributed by atoms with Crippen molar-refractivity contribution in [1.82, 2.24) is 5.32 Å². The topological polar surface area (TPSA) is 142 Å². The number of nitrogens with one attached hydrogen (secondary N) is 2. The quantitative estimate of drug-likeness (QED) is 0.432. The second-order valence-electron chi connectivity index (χ2n) is 5.55. The molecule has 4 N–H and O–H groups in total. The average molecular weight is 325 g/mol. The lowest BCUT2D eigenvalue weighted by Crippen LogP contribution is -2.41. The van der Waals surface area contributed by atoms with E-state index in [1.54, 1.807) is 13.8 Å². The normalized spacial score (nSPS) is 13.3. The van der Waals surface area contributed by atoms with Crippen LogP contribution in [0, 0.1) is 10.1 Å². The highest BCUT2D eigenvalue weighted by Gasteiger charge is 2.30. The Balaban J connectivity index is 3.04. The highest BCUT2D eigenvalue weighted by Crippen LogP contribution is 2.26. The van der Waals surface area contributed by atoms with Gasteiger partial charge in [0.2, 0.25) is 0 Å². The molecule has 1 amide bonds. The minimum atomic E-state index is -2.08. The molecule has 0 heterocycles. The van der Waals surface area contributed by atoms with Crippen LogP contribution in [0.4, 0.5) is 11.4 Å². The summed E-state index contributed by atoms with van der Waals surface area (Å²) in [5.41, 5.74) is -2.34. The van der Waals surface area contributed by atoms with Crippen molar-refractivity contribution in [2.45, 2.75) is 32.4 Å². The van der Waals surface area contributed by atoms with E-state index in [0.29, 0.717) is 0 Å². The Kier molecular flexibility index (Phi) is 5.63. The van der Waals surface area contributed by atoms with E-state index in [9.17, 15) is 24.8 Å². The number of rotatable bonds is 7. The van der Waals surface area contributed by atoms with E-state index in [1.165, 1.54) is 12.1 Å². The number of aliphatic carboxylic acids is 1. The van der Waals surface area contributed by atoms with Crippen LogP contribution >= 0.6 is 0 Å². The lowest BCUT2D eigenvalue weighted by Gasteiger charge is -2.19. The van der Waals surface area contributed by atoms with Crippen LogP contribution in [0.1, 0.15) is 31.1 Å². The zero-order chi connectivity index (χ0) is 17.8. The highest BCUT2D eigenvalue weighted by atomic mass is 16.6. The fourth-order valence-corrected chi connectivity index (χ4v) is 1.66. The van der Waals surface area contributed by atoms with Gasteiger partial charge in [-0.2, -0.15) is 0 Å². The summed E-state index contributed by atoms with van der Waals surface area (Å²) in [5.74, 6) is -1.91. The molecule has 0 fully saturated rings. The molecule has 1 atom stereocenters. The minimum absolute atomic E-state index is 0.0117. The second kappa shape index (κ2) is 7.05. The molecule has 0 bridgehead atoms. The van der Waals surface area contributed by atoms with Gasteiger partial charge in [0.15, 0.2) is 5.60 Å². The summed E-state index contributed by atoms with van der Waals surface area (Å²) in [6, 6.07) is 3.65. The number of anilines is 1. The number of aliphatic hydroxyl groups is 1. The Labute approximate surface area is 132 Å². The number of carboxylic acid groups (broad SMARTS) is 1. The van der Waals surface area contributed by atoms with Gasteiger partial charge in [0.25, 0.3) is 11.6 Å². The van der Waals surface area contributed by atoms with E-state index < -0.39 is 28.9 Å². The monoisotopic (exact) mass is 325 g/mol. The molecule has 23 heavy (non-hydrogen) atoms. The van der Waals surface area contributed by atoms with Crippen molar-refractivity contribution in [2.75, 3.05) is 11.9 Å². The molecule has 0 aliphatic carbocycles. The molecule has 126 valence electrons. The number of nitrogens with zero attached hydrogens (tertiary/aromatic N) is 1. The largest absolute Gasteiger partial charge is 0.479 e. The molecule has 9 heteroatoms. The van der Waals surface area contributed by atoms with Gasteiger partial charge >= 0.3 is 5.97 Å². The maximum absolute atomic E-state index is 11.9. The first-order valence-electron chi connectivity index (χ1n) is 6.83. The van der Waals surface area contributed by atoms with Crippen LogP contribution in [-0.4, -0.2) is 45.2 Å². The summed E-state index contributed by atoms with van der Waals surface area (Å²) in [5, 5.41) is 34.7. The Morgan fingerprint density at radius 2 is 2.00 bits per heavy atom. The molecular weight excluding hydrogens is 306 g/mol. The fraction of sp³-hybridized carbons (Fsp3) is 0.429. The van der Waals surface area contributed by atoms with Crippen LogP contribution in [0.5, 0.6) is 0 Å². The van der Waals surface area contributed by atoms with Gasteiger partial charge in [0.1, 0.15) is 5.69 Å². The van der Waals surface area contributed by atoms with Crippen LogP contribution in [0.15, 0.2) is 18.2 Å². The smallest absolute Gasteiger partial charge is 0.337 e. The summed E-state index contributed by atoms with van der Waals surface area (Å²) < 4.78 is 0. The predicted octanol–water partition coefficient (Wildman–Crippen LogP) is 0.980. The van der Waals surface area contributed by atoms with E-state index in [0.717, 1.165) is 13.0 Å². The molecule has 0 spiro atoms. The molecule has 1 rings (SSSR count). The van der Waals surface area contributed by atoms with E-state index in [-0.39, 0.29) is 23.0 Å².